The van der Waals surface area contributed by atoms with Crippen LogP contribution in [0.15, 0.2) is 39.7 Å². The number of hydrogen-bond acceptors (Lipinski definition) is 4. The van der Waals surface area contributed by atoms with E-state index in [2.05, 4.69) is 10.1 Å². The molecule has 0 aliphatic heterocycles. The highest BCUT2D eigenvalue weighted by atomic mass is 16.3. The van der Waals surface area contributed by atoms with Crippen LogP contribution in [0.1, 0.15) is 5.69 Å². The fraction of sp³-hybridized carbons (Fsp3) is 0.167. The second-order valence-electron chi connectivity index (χ2n) is 3.97. The standard InChI is InChI=1S/C12H12N4O2/c13-4-3-8-6-12(17)16-11(14-8)7-9(15-16)10-2-1-5-18-10/h1-2,5-7,15H,3-4,13H2. The molecule has 0 saturated heterocycles. The van der Waals surface area contributed by atoms with E-state index in [1.165, 1.54) is 10.6 Å². The summed E-state index contributed by atoms with van der Waals surface area (Å²) in [7, 11) is 0. The molecule has 0 spiro atoms. The second-order valence-corrected chi connectivity index (χ2v) is 3.97. The molecule has 0 aliphatic carbocycles. The normalized spacial score (nSPS) is 11.2. The molecule has 6 nitrogen and oxygen atoms in total. The van der Waals surface area contributed by atoms with Crippen LogP contribution in [-0.4, -0.2) is 21.1 Å². The summed E-state index contributed by atoms with van der Waals surface area (Å²) >= 11 is 0. The first-order chi connectivity index (χ1) is 8.78. The molecule has 0 atom stereocenters. The van der Waals surface area contributed by atoms with Gasteiger partial charge in [0.2, 0.25) is 0 Å². The van der Waals surface area contributed by atoms with Crippen molar-refractivity contribution in [1.29, 1.82) is 0 Å². The van der Waals surface area contributed by atoms with Crippen LogP contribution in [0.3, 0.4) is 0 Å². The van der Waals surface area contributed by atoms with Gasteiger partial charge in [-0.2, -0.15) is 0 Å². The molecule has 0 saturated carbocycles. The molecule has 0 aromatic carbocycles. The van der Waals surface area contributed by atoms with Crippen molar-refractivity contribution in [2.75, 3.05) is 6.54 Å². The summed E-state index contributed by atoms with van der Waals surface area (Å²) < 4.78 is 6.66. The third kappa shape index (κ3) is 1.72. The lowest BCUT2D eigenvalue weighted by molar-refractivity contribution is 0.579. The smallest absolute Gasteiger partial charge is 0.272 e. The van der Waals surface area contributed by atoms with E-state index in [0.717, 1.165) is 5.69 Å². The number of hydrogen-bond donors (Lipinski definition) is 2. The van der Waals surface area contributed by atoms with Crippen molar-refractivity contribution in [3.63, 3.8) is 0 Å². The van der Waals surface area contributed by atoms with Crippen molar-refractivity contribution in [1.82, 2.24) is 14.6 Å². The Morgan fingerprint density at radius 1 is 1.44 bits per heavy atom. The summed E-state index contributed by atoms with van der Waals surface area (Å²) in [6.07, 6.45) is 2.17. The Kier molecular flexibility index (Phi) is 2.49. The van der Waals surface area contributed by atoms with Crippen LogP contribution in [0.4, 0.5) is 0 Å². The van der Waals surface area contributed by atoms with Gasteiger partial charge in [0.25, 0.3) is 5.56 Å². The summed E-state index contributed by atoms with van der Waals surface area (Å²) in [5, 5.41) is 2.95. The third-order valence-corrected chi connectivity index (χ3v) is 2.69. The molecule has 6 heteroatoms. The number of H-pyrrole nitrogens is 1. The highest BCUT2D eigenvalue weighted by molar-refractivity contribution is 5.58. The van der Waals surface area contributed by atoms with Gasteiger partial charge in [0.1, 0.15) is 5.69 Å². The molecule has 3 rings (SSSR count). The molecular formula is C12H12N4O2. The van der Waals surface area contributed by atoms with Gasteiger partial charge in [-0.05, 0) is 18.7 Å². The van der Waals surface area contributed by atoms with E-state index in [1.807, 2.05) is 6.07 Å². The second kappa shape index (κ2) is 4.15. The average molecular weight is 244 g/mol. The van der Waals surface area contributed by atoms with Gasteiger partial charge in [-0.1, -0.05) is 0 Å². The quantitative estimate of drug-likeness (QED) is 0.712. The molecule has 0 unspecified atom stereocenters. The maximum atomic E-state index is 11.9. The fourth-order valence-corrected chi connectivity index (χ4v) is 1.87. The van der Waals surface area contributed by atoms with Gasteiger partial charge in [0.15, 0.2) is 11.4 Å². The van der Waals surface area contributed by atoms with Gasteiger partial charge < -0.3 is 10.2 Å². The predicted molar refractivity (Wildman–Crippen MR) is 66.3 cm³/mol. The molecule has 0 bridgehead atoms. The van der Waals surface area contributed by atoms with E-state index in [4.69, 9.17) is 10.2 Å². The van der Waals surface area contributed by atoms with E-state index in [-0.39, 0.29) is 5.56 Å². The number of fused-ring (bicyclic) bond motifs is 1. The fourth-order valence-electron chi connectivity index (χ4n) is 1.87. The number of aromatic nitrogens is 3. The van der Waals surface area contributed by atoms with Crippen molar-refractivity contribution >= 4 is 5.65 Å². The van der Waals surface area contributed by atoms with Crippen LogP contribution in [0, 0.1) is 0 Å². The lowest BCUT2D eigenvalue weighted by Gasteiger charge is -1.97. The van der Waals surface area contributed by atoms with Gasteiger partial charge in [-0.15, -0.1) is 0 Å². The van der Waals surface area contributed by atoms with E-state index in [9.17, 15) is 4.79 Å². The molecule has 3 N–H and O–H groups in total. The molecular weight excluding hydrogens is 232 g/mol. The zero-order valence-corrected chi connectivity index (χ0v) is 9.59. The number of nitrogens with one attached hydrogen (secondary N) is 1. The maximum absolute atomic E-state index is 11.9. The van der Waals surface area contributed by atoms with Gasteiger partial charge in [-0.25, -0.2) is 9.50 Å². The first-order valence-electron chi connectivity index (χ1n) is 5.63. The molecule has 0 aliphatic rings. The van der Waals surface area contributed by atoms with E-state index < -0.39 is 0 Å². The molecule has 0 fully saturated rings. The zero-order chi connectivity index (χ0) is 12.5. The minimum Gasteiger partial charge on any atom is -0.463 e. The van der Waals surface area contributed by atoms with Gasteiger partial charge >= 0.3 is 0 Å². The van der Waals surface area contributed by atoms with E-state index in [0.29, 0.717) is 30.1 Å². The van der Waals surface area contributed by atoms with Crippen LogP contribution in [0.25, 0.3) is 17.1 Å². The van der Waals surface area contributed by atoms with Crippen LogP contribution in [0.2, 0.25) is 0 Å². The largest absolute Gasteiger partial charge is 0.463 e. The number of rotatable bonds is 3. The van der Waals surface area contributed by atoms with Crippen LogP contribution >= 0.6 is 0 Å². The van der Waals surface area contributed by atoms with E-state index in [1.54, 1.807) is 18.4 Å². The van der Waals surface area contributed by atoms with Crippen molar-refractivity contribution in [2.24, 2.45) is 5.73 Å². The first kappa shape index (κ1) is 10.8. The predicted octanol–water partition coefficient (Wildman–Crippen LogP) is 0.784. The molecule has 0 radical (unpaired) electrons. The van der Waals surface area contributed by atoms with Gasteiger partial charge in [0, 0.05) is 24.2 Å². The molecule has 3 aromatic heterocycles. The SMILES string of the molecule is NCCc1cc(=O)n2[nH]c(-c3ccco3)cc2n1. The first-order valence-corrected chi connectivity index (χ1v) is 5.63. The number of nitrogens with two attached hydrogens (primary N) is 1. The monoisotopic (exact) mass is 244 g/mol. The molecule has 3 aromatic rings. The lowest BCUT2D eigenvalue weighted by atomic mass is 10.3. The summed E-state index contributed by atoms with van der Waals surface area (Å²) in [4.78, 5) is 16.2. The van der Waals surface area contributed by atoms with Gasteiger partial charge in [-0.3, -0.25) is 9.89 Å². The Morgan fingerprint density at radius 2 is 2.33 bits per heavy atom. The average Bonchev–Trinajstić information content (AvgIpc) is 2.97. The minimum atomic E-state index is -0.152. The maximum Gasteiger partial charge on any atom is 0.272 e. The summed E-state index contributed by atoms with van der Waals surface area (Å²) in [5.74, 6) is 0.667. The minimum absolute atomic E-state index is 0.152. The topological polar surface area (TPSA) is 89.3 Å². The van der Waals surface area contributed by atoms with E-state index >= 15 is 0 Å². The number of furan rings is 1. The van der Waals surface area contributed by atoms with Crippen LogP contribution in [-0.2, 0) is 6.42 Å². The molecule has 0 amide bonds. The number of aromatic amines is 1. The zero-order valence-electron chi connectivity index (χ0n) is 9.59. The number of nitrogens with zero attached hydrogens (tertiary/aromatic N) is 2. The highest BCUT2D eigenvalue weighted by Crippen LogP contribution is 2.18. The van der Waals surface area contributed by atoms with Crippen molar-refractivity contribution in [2.45, 2.75) is 6.42 Å². The van der Waals surface area contributed by atoms with Crippen molar-refractivity contribution < 1.29 is 4.42 Å². The lowest BCUT2D eigenvalue weighted by Crippen LogP contribution is -2.17. The molecule has 3 heterocycles. The summed E-state index contributed by atoms with van der Waals surface area (Å²) in [6, 6.07) is 6.87. The van der Waals surface area contributed by atoms with Crippen molar-refractivity contribution in [3.05, 3.63) is 46.6 Å². The van der Waals surface area contributed by atoms with Crippen LogP contribution in [0.5, 0.6) is 0 Å². The third-order valence-electron chi connectivity index (χ3n) is 2.69. The van der Waals surface area contributed by atoms with Crippen molar-refractivity contribution in [3.8, 4) is 11.5 Å². The Balaban J connectivity index is 2.17. The molecule has 18 heavy (non-hydrogen) atoms. The Hall–Kier alpha value is -2.34. The van der Waals surface area contributed by atoms with Gasteiger partial charge in [0.05, 0.1) is 6.26 Å². The summed E-state index contributed by atoms with van der Waals surface area (Å²) in [6.45, 7) is 0.470. The highest BCUT2D eigenvalue weighted by Gasteiger charge is 2.08. The Bertz CT molecular complexity index is 724. The van der Waals surface area contributed by atoms with Crippen LogP contribution < -0.4 is 11.3 Å². The molecule has 92 valence electrons. The Labute approximate surface area is 102 Å². The summed E-state index contributed by atoms with van der Waals surface area (Å²) in [5.41, 5.74) is 7.30. The Morgan fingerprint density at radius 3 is 3.06 bits per heavy atom.